The SMILES string of the molecule is CCCCCCCCC1(Cn2ccnc2)SCCS1. The van der Waals surface area contributed by atoms with E-state index in [0.717, 1.165) is 6.54 Å². The second-order valence-electron chi connectivity index (χ2n) is 5.36. The molecule has 0 aliphatic carbocycles. The van der Waals surface area contributed by atoms with Crippen LogP contribution in [0.25, 0.3) is 0 Å². The number of aromatic nitrogens is 2. The van der Waals surface area contributed by atoms with Crippen LogP contribution in [0.4, 0.5) is 0 Å². The lowest BCUT2D eigenvalue weighted by Gasteiger charge is -2.27. The summed E-state index contributed by atoms with van der Waals surface area (Å²) < 4.78 is 2.67. The van der Waals surface area contributed by atoms with Crippen LogP contribution in [0.2, 0.25) is 0 Å². The predicted molar refractivity (Wildman–Crippen MR) is 87.9 cm³/mol. The fourth-order valence-electron chi connectivity index (χ4n) is 2.64. The monoisotopic (exact) mass is 298 g/mol. The third-order valence-electron chi connectivity index (χ3n) is 3.71. The average Bonchev–Trinajstić information content (AvgIpc) is 3.07. The number of thioether (sulfide) groups is 2. The van der Waals surface area contributed by atoms with E-state index in [2.05, 4.69) is 46.2 Å². The molecule has 0 aromatic carbocycles. The number of imidazole rings is 1. The summed E-state index contributed by atoms with van der Waals surface area (Å²) in [6.07, 6.45) is 15.7. The quantitative estimate of drug-likeness (QED) is 0.609. The van der Waals surface area contributed by atoms with Gasteiger partial charge in [0.15, 0.2) is 0 Å². The highest BCUT2D eigenvalue weighted by atomic mass is 32.2. The summed E-state index contributed by atoms with van der Waals surface area (Å²) in [5.74, 6) is 2.63. The van der Waals surface area contributed by atoms with Gasteiger partial charge in [-0.15, -0.1) is 23.5 Å². The van der Waals surface area contributed by atoms with E-state index in [4.69, 9.17) is 0 Å². The van der Waals surface area contributed by atoms with Crippen molar-refractivity contribution in [2.24, 2.45) is 0 Å². The van der Waals surface area contributed by atoms with Gasteiger partial charge in [-0.3, -0.25) is 0 Å². The van der Waals surface area contributed by atoms with E-state index in [1.807, 2.05) is 12.5 Å². The molecule has 0 atom stereocenters. The lowest BCUT2D eigenvalue weighted by molar-refractivity contribution is 0.534. The first kappa shape index (κ1) is 15.3. The Morgan fingerprint density at radius 2 is 1.84 bits per heavy atom. The Kier molecular flexibility index (Phi) is 6.65. The van der Waals surface area contributed by atoms with Gasteiger partial charge in [-0.2, -0.15) is 0 Å². The molecule has 2 rings (SSSR count). The van der Waals surface area contributed by atoms with Crippen LogP contribution in [0.15, 0.2) is 18.7 Å². The molecule has 1 aliphatic heterocycles. The van der Waals surface area contributed by atoms with Gasteiger partial charge >= 0.3 is 0 Å². The van der Waals surface area contributed by atoms with Crippen molar-refractivity contribution in [2.75, 3.05) is 11.5 Å². The number of nitrogens with zero attached hydrogens (tertiary/aromatic N) is 2. The summed E-state index contributed by atoms with van der Waals surface area (Å²) in [5, 5.41) is 0. The molecule has 0 N–H and O–H groups in total. The molecule has 0 bridgehead atoms. The van der Waals surface area contributed by atoms with Crippen molar-refractivity contribution >= 4 is 23.5 Å². The van der Waals surface area contributed by atoms with Gasteiger partial charge in [0, 0.05) is 30.4 Å². The van der Waals surface area contributed by atoms with E-state index in [1.165, 1.54) is 56.5 Å². The van der Waals surface area contributed by atoms with E-state index in [0.29, 0.717) is 4.08 Å². The Morgan fingerprint density at radius 1 is 1.11 bits per heavy atom. The zero-order valence-corrected chi connectivity index (χ0v) is 13.6. The maximum atomic E-state index is 4.17. The number of hydrogen-bond donors (Lipinski definition) is 0. The molecule has 1 aromatic rings. The van der Waals surface area contributed by atoms with E-state index < -0.39 is 0 Å². The summed E-state index contributed by atoms with van der Waals surface area (Å²) in [7, 11) is 0. The molecular formula is C15H26N2S2. The first-order valence-electron chi connectivity index (χ1n) is 7.58. The van der Waals surface area contributed by atoms with Crippen LogP contribution in [0, 0.1) is 0 Å². The minimum atomic E-state index is 0.422. The van der Waals surface area contributed by atoms with Gasteiger partial charge in [0.2, 0.25) is 0 Å². The van der Waals surface area contributed by atoms with Gasteiger partial charge in [0.25, 0.3) is 0 Å². The van der Waals surface area contributed by atoms with Crippen molar-refractivity contribution in [3.05, 3.63) is 18.7 Å². The molecule has 0 radical (unpaired) electrons. The van der Waals surface area contributed by atoms with Crippen LogP contribution < -0.4 is 0 Å². The van der Waals surface area contributed by atoms with Gasteiger partial charge in [0.05, 0.1) is 10.4 Å². The van der Waals surface area contributed by atoms with Gasteiger partial charge < -0.3 is 4.57 Å². The van der Waals surface area contributed by atoms with E-state index in [9.17, 15) is 0 Å². The number of unbranched alkanes of at least 4 members (excludes halogenated alkanes) is 5. The van der Waals surface area contributed by atoms with Crippen molar-refractivity contribution in [3.63, 3.8) is 0 Å². The fraction of sp³-hybridized carbons (Fsp3) is 0.800. The fourth-order valence-corrected chi connectivity index (χ4v) is 5.95. The van der Waals surface area contributed by atoms with Gasteiger partial charge in [-0.05, 0) is 6.42 Å². The van der Waals surface area contributed by atoms with E-state index in [1.54, 1.807) is 0 Å². The molecule has 1 fully saturated rings. The Morgan fingerprint density at radius 3 is 2.53 bits per heavy atom. The largest absolute Gasteiger partial charge is 0.335 e. The third-order valence-corrected chi connectivity index (χ3v) is 7.21. The Balaban J connectivity index is 1.73. The van der Waals surface area contributed by atoms with Crippen molar-refractivity contribution in [2.45, 2.75) is 62.5 Å². The maximum Gasteiger partial charge on any atom is 0.0946 e. The molecule has 2 heterocycles. The lowest BCUT2D eigenvalue weighted by atomic mass is 10.1. The second kappa shape index (κ2) is 8.25. The highest BCUT2D eigenvalue weighted by Crippen LogP contribution is 2.48. The zero-order chi connectivity index (χ0) is 13.4. The minimum Gasteiger partial charge on any atom is -0.335 e. The van der Waals surface area contributed by atoms with Crippen molar-refractivity contribution in [1.29, 1.82) is 0 Å². The molecule has 0 amide bonds. The summed E-state index contributed by atoms with van der Waals surface area (Å²) in [4.78, 5) is 4.17. The molecule has 0 spiro atoms. The molecule has 108 valence electrons. The van der Waals surface area contributed by atoms with Gasteiger partial charge in [-0.1, -0.05) is 45.4 Å². The van der Waals surface area contributed by atoms with E-state index >= 15 is 0 Å². The topological polar surface area (TPSA) is 17.8 Å². The Bertz CT molecular complexity index is 332. The van der Waals surface area contributed by atoms with Crippen LogP contribution in [0.5, 0.6) is 0 Å². The smallest absolute Gasteiger partial charge is 0.0946 e. The number of rotatable bonds is 9. The Hall–Kier alpha value is -0.0900. The van der Waals surface area contributed by atoms with Gasteiger partial charge in [-0.25, -0.2) is 4.98 Å². The maximum absolute atomic E-state index is 4.17. The van der Waals surface area contributed by atoms with Crippen LogP contribution in [-0.2, 0) is 6.54 Å². The summed E-state index contributed by atoms with van der Waals surface area (Å²) in [6.45, 7) is 3.41. The van der Waals surface area contributed by atoms with Crippen LogP contribution in [0.1, 0.15) is 51.9 Å². The predicted octanol–water partition coefficient (Wildman–Crippen LogP) is 4.81. The van der Waals surface area contributed by atoms with Crippen molar-refractivity contribution < 1.29 is 0 Å². The minimum absolute atomic E-state index is 0.422. The summed E-state index contributed by atoms with van der Waals surface area (Å²) in [5.41, 5.74) is 0. The zero-order valence-electron chi connectivity index (χ0n) is 12.0. The molecular weight excluding hydrogens is 272 g/mol. The van der Waals surface area contributed by atoms with Crippen LogP contribution in [0.3, 0.4) is 0 Å². The molecule has 1 aliphatic rings. The van der Waals surface area contributed by atoms with E-state index in [-0.39, 0.29) is 0 Å². The lowest BCUT2D eigenvalue weighted by Crippen LogP contribution is -2.24. The second-order valence-corrected chi connectivity index (χ2v) is 8.58. The third kappa shape index (κ3) is 5.07. The van der Waals surface area contributed by atoms with Crippen LogP contribution in [-0.4, -0.2) is 25.1 Å². The summed E-state index contributed by atoms with van der Waals surface area (Å²) in [6, 6.07) is 0. The first-order valence-corrected chi connectivity index (χ1v) is 9.55. The molecule has 19 heavy (non-hydrogen) atoms. The highest BCUT2D eigenvalue weighted by Gasteiger charge is 2.35. The summed E-state index contributed by atoms with van der Waals surface area (Å²) >= 11 is 4.34. The normalized spacial score (nSPS) is 17.9. The molecule has 1 saturated heterocycles. The highest BCUT2D eigenvalue weighted by molar-refractivity contribution is 8.21. The molecule has 0 unspecified atom stereocenters. The molecule has 0 saturated carbocycles. The Labute approximate surface area is 126 Å². The number of hydrogen-bond acceptors (Lipinski definition) is 3. The van der Waals surface area contributed by atoms with Gasteiger partial charge in [0.1, 0.15) is 0 Å². The van der Waals surface area contributed by atoms with Crippen molar-refractivity contribution in [1.82, 2.24) is 9.55 Å². The average molecular weight is 299 g/mol. The van der Waals surface area contributed by atoms with Crippen LogP contribution >= 0.6 is 23.5 Å². The standard InChI is InChI=1S/C15H26N2S2/c1-2-3-4-5-6-7-8-15(18-11-12-19-15)13-17-10-9-16-14-17/h9-10,14H,2-8,11-13H2,1H3. The molecule has 1 aromatic heterocycles. The molecule has 2 nitrogen and oxygen atoms in total. The van der Waals surface area contributed by atoms with Crippen molar-refractivity contribution in [3.8, 4) is 0 Å². The molecule has 4 heteroatoms. The first-order chi connectivity index (χ1) is 9.35.